The highest BCUT2D eigenvalue weighted by molar-refractivity contribution is 6.67. The Morgan fingerprint density at radius 2 is 1.11 bits per heavy atom. The summed E-state index contributed by atoms with van der Waals surface area (Å²) in [4.78, 5) is 12.9. The van der Waals surface area contributed by atoms with Gasteiger partial charge in [-0.05, 0) is 60.1 Å². The molecule has 0 N–H and O–H groups in total. The lowest BCUT2D eigenvalue weighted by molar-refractivity contribution is 0.266. The third-order valence-electron chi connectivity index (χ3n) is 2.35. The molecule has 0 aromatic heterocycles. The maximum atomic E-state index is 11.5. The number of hydrogen-bond acceptors (Lipinski definition) is 1. The zero-order chi connectivity index (χ0) is 13.1. The smallest absolute Gasteiger partial charge is 0.268 e. The van der Waals surface area contributed by atoms with Crippen molar-refractivity contribution in [3.63, 3.8) is 0 Å². The van der Waals surface area contributed by atoms with E-state index in [1.54, 1.807) is 48.5 Å². The van der Waals surface area contributed by atoms with Crippen LogP contribution in [0.3, 0.4) is 0 Å². The van der Waals surface area contributed by atoms with Gasteiger partial charge in [0.1, 0.15) is 0 Å². The molecule has 0 unspecified atom stereocenters. The standard InChI is InChI=1S/C13H8Cl3NO/c14-9-1-5-11(6-2-9)17(13(16)18)12-7-3-10(15)4-8-12/h1-8H. The molecule has 5 heteroatoms. The summed E-state index contributed by atoms with van der Waals surface area (Å²) in [5.74, 6) is 0. The van der Waals surface area contributed by atoms with E-state index in [-0.39, 0.29) is 0 Å². The molecule has 1 amide bonds. The van der Waals surface area contributed by atoms with Gasteiger partial charge in [0.2, 0.25) is 0 Å². The molecule has 2 nitrogen and oxygen atoms in total. The van der Waals surface area contributed by atoms with E-state index < -0.39 is 5.37 Å². The third kappa shape index (κ3) is 2.96. The van der Waals surface area contributed by atoms with Gasteiger partial charge in [-0.25, -0.2) is 0 Å². The summed E-state index contributed by atoms with van der Waals surface area (Å²) >= 11 is 17.2. The minimum absolute atomic E-state index is 0.594. The molecule has 2 aromatic rings. The highest BCUT2D eigenvalue weighted by Crippen LogP contribution is 2.29. The Morgan fingerprint density at radius 3 is 1.39 bits per heavy atom. The predicted molar refractivity (Wildman–Crippen MR) is 76.3 cm³/mol. The summed E-state index contributed by atoms with van der Waals surface area (Å²) in [6.45, 7) is 0. The van der Waals surface area contributed by atoms with Gasteiger partial charge in [-0.15, -0.1) is 0 Å². The molecule has 18 heavy (non-hydrogen) atoms. The van der Waals surface area contributed by atoms with Crippen molar-refractivity contribution in [1.29, 1.82) is 0 Å². The highest BCUT2D eigenvalue weighted by Gasteiger charge is 2.15. The van der Waals surface area contributed by atoms with Crippen molar-refractivity contribution in [3.8, 4) is 0 Å². The van der Waals surface area contributed by atoms with E-state index >= 15 is 0 Å². The largest absolute Gasteiger partial charge is 0.325 e. The van der Waals surface area contributed by atoms with E-state index in [4.69, 9.17) is 34.8 Å². The second kappa shape index (κ2) is 5.61. The van der Waals surface area contributed by atoms with E-state index in [9.17, 15) is 4.79 Å². The fraction of sp³-hybridized carbons (Fsp3) is 0. The number of amides is 1. The van der Waals surface area contributed by atoms with Crippen molar-refractivity contribution in [2.75, 3.05) is 4.90 Å². The van der Waals surface area contributed by atoms with Gasteiger partial charge in [0, 0.05) is 10.0 Å². The molecule has 0 atom stereocenters. The lowest BCUT2D eigenvalue weighted by Crippen LogP contribution is -2.19. The zero-order valence-electron chi connectivity index (χ0n) is 9.11. The second-order valence-electron chi connectivity index (χ2n) is 3.54. The number of carbonyl (C=O) groups excluding carboxylic acids is 1. The number of carbonyl (C=O) groups is 1. The van der Waals surface area contributed by atoms with Crippen molar-refractivity contribution in [2.45, 2.75) is 0 Å². The summed E-state index contributed by atoms with van der Waals surface area (Å²) in [6.07, 6.45) is 0. The molecule has 0 aliphatic rings. The van der Waals surface area contributed by atoms with Gasteiger partial charge in [-0.3, -0.25) is 9.69 Å². The maximum absolute atomic E-state index is 11.5. The predicted octanol–water partition coefficient (Wildman–Crippen LogP) is 5.49. The van der Waals surface area contributed by atoms with Gasteiger partial charge < -0.3 is 0 Å². The van der Waals surface area contributed by atoms with Crippen LogP contribution in [0.15, 0.2) is 48.5 Å². The molecule has 0 saturated heterocycles. The van der Waals surface area contributed by atoms with Gasteiger partial charge in [0.15, 0.2) is 0 Å². The molecule has 0 aliphatic heterocycles. The topological polar surface area (TPSA) is 20.3 Å². The van der Waals surface area contributed by atoms with E-state index in [1.807, 2.05) is 0 Å². The average molecular weight is 301 g/mol. The monoisotopic (exact) mass is 299 g/mol. The fourth-order valence-electron chi connectivity index (χ4n) is 1.53. The summed E-state index contributed by atoms with van der Waals surface area (Å²) in [7, 11) is 0. The number of benzene rings is 2. The van der Waals surface area contributed by atoms with Crippen LogP contribution in [0.5, 0.6) is 0 Å². The van der Waals surface area contributed by atoms with Gasteiger partial charge >= 0.3 is 5.37 Å². The summed E-state index contributed by atoms with van der Waals surface area (Å²) < 4.78 is 0. The summed E-state index contributed by atoms with van der Waals surface area (Å²) in [6, 6.07) is 13.7. The lowest BCUT2D eigenvalue weighted by atomic mass is 10.2. The molecule has 0 saturated carbocycles. The molecular formula is C13H8Cl3NO. The molecule has 0 aliphatic carbocycles. The third-order valence-corrected chi connectivity index (χ3v) is 3.02. The van der Waals surface area contributed by atoms with Gasteiger partial charge in [-0.2, -0.15) is 0 Å². The summed E-state index contributed by atoms with van der Waals surface area (Å²) in [5, 5.41) is 0.591. The van der Waals surface area contributed by atoms with Crippen molar-refractivity contribution in [1.82, 2.24) is 0 Å². The molecule has 2 aromatic carbocycles. The first-order valence-electron chi connectivity index (χ1n) is 5.08. The Kier molecular flexibility index (Phi) is 4.12. The van der Waals surface area contributed by atoms with Crippen LogP contribution in [-0.2, 0) is 0 Å². The number of hydrogen-bond donors (Lipinski definition) is 0. The fourth-order valence-corrected chi connectivity index (χ4v) is 1.98. The minimum Gasteiger partial charge on any atom is -0.268 e. The van der Waals surface area contributed by atoms with Crippen LogP contribution in [0, 0.1) is 0 Å². The Labute approximate surface area is 120 Å². The Balaban J connectivity index is 2.43. The molecular weight excluding hydrogens is 293 g/mol. The first-order valence-corrected chi connectivity index (χ1v) is 6.22. The van der Waals surface area contributed by atoms with Crippen molar-refractivity contribution < 1.29 is 4.79 Å². The zero-order valence-corrected chi connectivity index (χ0v) is 11.4. The number of nitrogens with zero attached hydrogens (tertiary/aromatic N) is 1. The lowest BCUT2D eigenvalue weighted by Gasteiger charge is -2.20. The van der Waals surface area contributed by atoms with E-state index in [0.29, 0.717) is 21.4 Å². The van der Waals surface area contributed by atoms with E-state index in [0.717, 1.165) is 0 Å². The van der Waals surface area contributed by atoms with E-state index in [1.165, 1.54) is 4.90 Å². The van der Waals surface area contributed by atoms with Crippen LogP contribution in [0.2, 0.25) is 10.0 Å². The van der Waals surface area contributed by atoms with Crippen LogP contribution >= 0.6 is 34.8 Å². The molecule has 92 valence electrons. The first kappa shape index (κ1) is 13.2. The Hall–Kier alpha value is -1.22. The second-order valence-corrected chi connectivity index (χ2v) is 4.74. The van der Waals surface area contributed by atoms with Gasteiger partial charge in [-0.1, -0.05) is 23.2 Å². The van der Waals surface area contributed by atoms with Crippen molar-refractivity contribution in [2.24, 2.45) is 0 Å². The van der Waals surface area contributed by atoms with Crippen molar-refractivity contribution >= 4 is 51.5 Å². The minimum atomic E-state index is -0.598. The summed E-state index contributed by atoms with van der Waals surface area (Å²) in [5.41, 5.74) is 1.28. The van der Waals surface area contributed by atoms with Gasteiger partial charge in [0.05, 0.1) is 11.4 Å². The van der Waals surface area contributed by atoms with Crippen molar-refractivity contribution in [3.05, 3.63) is 58.6 Å². The van der Waals surface area contributed by atoms with Crippen LogP contribution in [-0.4, -0.2) is 5.37 Å². The Morgan fingerprint density at radius 1 is 0.778 bits per heavy atom. The van der Waals surface area contributed by atoms with Crippen LogP contribution in [0.25, 0.3) is 0 Å². The molecule has 2 rings (SSSR count). The van der Waals surface area contributed by atoms with Crippen LogP contribution in [0.1, 0.15) is 0 Å². The molecule has 0 heterocycles. The van der Waals surface area contributed by atoms with Crippen LogP contribution < -0.4 is 4.90 Å². The molecule has 0 radical (unpaired) electrons. The first-order chi connectivity index (χ1) is 8.58. The number of rotatable bonds is 2. The molecule has 0 fully saturated rings. The number of anilines is 2. The normalized spacial score (nSPS) is 10.2. The molecule has 0 spiro atoms. The van der Waals surface area contributed by atoms with Gasteiger partial charge in [0.25, 0.3) is 0 Å². The highest BCUT2D eigenvalue weighted by atomic mass is 35.5. The van der Waals surface area contributed by atoms with E-state index in [2.05, 4.69) is 0 Å². The quantitative estimate of drug-likeness (QED) is 0.530. The number of halogens is 3. The Bertz CT molecular complexity index is 506. The molecule has 0 bridgehead atoms. The average Bonchev–Trinajstić information content (AvgIpc) is 2.34. The SMILES string of the molecule is O=C(Cl)N(c1ccc(Cl)cc1)c1ccc(Cl)cc1. The van der Waals surface area contributed by atoms with Crippen LogP contribution in [0.4, 0.5) is 16.2 Å². The maximum Gasteiger partial charge on any atom is 0.325 e.